The minimum atomic E-state index is -0.242. The number of amides is 1. The van der Waals surface area contributed by atoms with E-state index < -0.39 is 0 Å². The Bertz CT molecular complexity index is 1290. The van der Waals surface area contributed by atoms with Crippen molar-refractivity contribution in [2.75, 3.05) is 12.4 Å². The van der Waals surface area contributed by atoms with Gasteiger partial charge in [-0.15, -0.1) is 0 Å². The van der Waals surface area contributed by atoms with Crippen LogP contribution in [0.3, 0.4) is 0 Å². The van der Waals surface area contributed by atoms with Crippen LogP contribution in [0, 0.1) is 13.8 Å². The quantitative estimate of drug-likeness (QED) is 0.460. The predicted octanol–water partition coefficient (Wildman–Crippen LogP) is 4.40. The highest BCUT2D eigenvalue weighted by Crippen LogP contribution is 2.23. The average Bonchev–Trinajstić information content (AvgIpc) is 3.10. The van der Waals surface area contributed by atoms with Crippen LogP contribution in [0.5, 0.6) is 0 Å². The maximum absolute atomic E-state index is 12.8. The van der Waals surface area contributed by atoms with Gasteiger partial charge in [0.2, 0.25) is 0 Å². The van der Waals surface area contributed by atoms with E-state index in [1.165, 1.54) is 7.11 Å². The lowest BCUT2D eigenvalue weighted by molar-refractivity contribution is -0.140. The van der Waals surface area contributed by atoms with Gasteiger partial charge in [-0.2, -0.15) is 5.10 Å². The molecule has 4 rings (SSSR count). The highest BCUT2D eigenvalue weighted by Gasteiger charge is 2.15. The smallest absolute Gasteiger partial charge is 0.305 e. The highest BCUT2D eigenvalue weighted by atomic mass is 16.5. The molecule has 32 heavy (non-hydrogen) atoms. The Morgan fingerprint density at radius 2 is 1.78 bits per heavy atom. The number of pyridine rings is 1. The fraction of sp³-hybridized carbons (Fsp3) is 0.200. The molecule has 0 saturated carbocycles. The van der Waals surface area contributed by atoms with E-state index in [1.54, 1.807) is 18.3 Å². The minimum Gasteiger partial charge on any atom is -0.469 e. The topological polar surface area (TPSA) is 86.1 Å². The van der Waals surface area contributed by atoms with Crippen molar-refractivity contribution in [3.05, 3.63) is 83.3 Å². The standard InChI is InChI=1S/C25H24N4O3/c1-16-21(13-14-23(30)32-3)17(2)29(28-16)20-11-9-19(10-12-20)25(31)27-22-8-4-6-18-7-5-15-26-24(18)22/h4-12,15H,13-14H2,1-3H3,(H,27,31). The van der Waals surface area contributed by atoms with Crippen LogP contribution >= 0.6 is 0 Å². The summed E-state index contributed by atoms with van der Waals surface area (Å²) in [5, 5.41) is 8.53. The summed E-state index contributed by atoms with van der Waals surface area (Å²) in [7, 11) is 1.39. The number of nitrogens with one attached hydrogen (secondary N) is 1. The Morgan fingerprint density at radius 3 is 2.53 bits per heavy atom. The number of ether oxygens (including phenoxy) is 1. The van der Waals surface area contributed by atoms with E-state index in [2.05, 4.69) is 15.4 Å². The number of aryl methyl sites for hydroxylation is 1. The molecule has 0 saturated heterocycles. The molecule has 2 aromatic heterocycles. The summed E-state index contributed by atoms with van der Waals surface area (Å²) in [5.41, 5.74) is 5.67. The molecule has 0 bridgehead atoms. The molecule has 2 heterocycles. The zero-order chi connectivity index (χ0) is 22.7. The Kier molecular flexibility index (Phi) is 5.98. The van der Waals surface area contributed by atoms with Gasteiger partial charge in [0, 0.05) is 29.3 Å². The van der Waals surface area contributed by atoms with E-state index in [1.807, 2.05) is 61.0 Å². The number of nitrogens with zero attached hydrogens (tertiary/aromatic N) is 3. The first-order valence-electron chi connectivity index (χ1n) is 10.4. The van der Waals surface area contributed by atoms with Gasteiger partial charge in [-0.05, 0) is 62.2 Å². The highest BCUT2D eigenvalue weighted by molar-refractivity contribution is 6.08. The molecule has 2 aromatic carbocycles. The van der Waals surface area contributed by atoms with E-state index in [4.69, 9.17) is 4.74 Å². The van der Waals surface area contributed by atoms with Gasteiger partial charge in [0.1, 0.15) is 0 Å². The van der Waals surface area contributed by atoms with Crippen molar-refractivity contribution in [1.29, 1.82) is 0 Å². The van der Waals surface area contributed by atoms with Crippen LogP contribution in [0.15, 0.2) is 60.8 Å². The fourth-order valence-electron chi connectivity index (χ4n) is 3.77. The van der Waals surface area contributed by atoms with Crippen LogP contribution in [0.2, 0.25) is 0 Å². The van der Waals surface area contributed by atoms with E-state index >= 15 is 0 Å². The number of benzene rings is 2. The average molecular weight is 428 g/mol. The first kappa shape index (κ1) is 21.2. The maximum atomic E-state index is 12.8. The number of carbonyl (C=O) groups excluding carboxylic acids is 2. The molecule has 0 spiro atoms. The second-order valence-corrected chi connectivity index (χ2v) is 7.52. The maximum Gasteiger partial charge on any atom is 0.305 e. The molecular weight excluding hydrogens is 404 g/mol. The minimum absolute atomic E-state index is 0.207. The normalized spacial score (nSPS) is 10.8. The molecule has 7 nitrogen and oxygen atoms in total. The number of anilines is 1. The Labute approximate surface area is 186 Å². The molecule has 0 aliphatic rings. The summed E-state index contributed by atoms with van der Waals surface area (Å²) in [6, 6.07) is 16.8. The van der Waals surface area contributed by atoms with Gasteiger partial charge in [-0.3, -0.25) is 14.6 Å². The van der Waals surface area contributed by atoms with E-state index in [0.717, 1.165) is 33.5 Å². The molecule has 162 valence electrons. The summed E-state index contributed by atoms with van der Waals surface area (Å²) in [6.45, 7) is 3.90. The number of hydrogen-bond acceptors (Lipinski definition) is 5. The van der Waals surface area contributed by atoms with Gasteiger partial charge in [0.25, 0.3) is 5.91 Å². The van der Waals surface area contributed by atoms with Crippen LogP contribution in [-0.4, -0.2) is 33.8 Å². The summed E-state index contributed by atoms with van der Waals surface area (Å²) >= 11 is 0. The van der Waals surface area contributed by atoms with Gasteiger partial charge in [0.15, 0.2) is 0 Å². The molecule has 0 fully saturated rings. The fourth-order valence-corrected chi connectivity index (χ4v) is 3.77. The number of hydrogen-bond donors (Lipinski definition) is 1. The van der Waals surface area contributed by atoms with E-state index in [-0.39, 0.29) is 11.9 Å². The van der Waals surface area contributed by atoms with Crippen molar-refractivity contribution in [3.8, 4) is 5.69 Å². The number of para-hydroxylation sites is 1. The zero-order valence-electron chi connectivity index (χ0n) is 18.3. The SMILES string of the molecule is COC(=O)CCc1c(C)nn(-c2ccc(C(=O)Nc3cccc4cccnc34)cc2)c1C. The molecule has 0 atom stereocenters. The predicted molar refractivity (Wildman–Crippen MR) is 123 cm³/mol. The van der Waals surface area contributed by atoms with Crippen LogP contribution < -0.4 is 5.32 Å². The monoisotopic (exact) mass is 428 g/mol. The summed E-state index contributed by atoms with van der Waals surface area (Å²) < 4.78 is 6.57. The second kappa shape index (κ2) is 9.01. The summed E-state index contributed by atoms with van der Waals surface area (Å²) in [5.74, 6) is -0.449. The first-order chi connectivity index (χ1) is 15.5. The van der Waals surface area contributed by atoms with Crippen LogP contribution in [0.25, 0.3) is 16.6 Å². The molecule has 0 unspecified atom stereocenters. The number of methoxy groups -OCH3 is 1. The van der Waals surface area contributed by atoms with Crippen molar-refractivity contribution < 1.29 is 14.3 Å². The van der Waals surface area contributed by atoms with Crippen molar-refractivity contribution in [2.45, 2.75) is 26.7 Å². The second-order valence-electron chi connectivity index (χ2n) is 7.52. The Morgan fingerprint density at radius 1 is 1.03 bits per heavy atom. The lowest BCUT2D eigenvalue weighted by Gasteiger charge is -2.09. The van der Waals surface area contributed by atoms with Crippen LogP contribution in [0.4, 0.5) is 5.69 Å². The third kappa shape index (κ3) is 4.23. The molecular formula is C25H24N4O3. The van der Waals surface area contributed by atoms with Gasteiger partial charge in [0.05, 0.1) is 29.7 Å². The molecule has 0 radical (unpaired) electrons. The van der Waals surface area contributed by atoms with Gasteiger partial charge in [-0.1, -0.05) is 18.2 Å². The van der Waals surface area contributed by atoms with Crippen molar-refractivity contribution >= 4 is 28.5 Å². The van der Waals surface area contributed by atoms with Crippen LogP contribution in [-0.2, 0) is 16.0 Å². The Hall–Kier alpha value is -4.00. The van der Waals surface area contributed by atoms with Gasteiger partial charge >= 0.3 is 5.97 Å². The molecule has 0 aliphatic carbocycles. The third-order valence-electron chi connectivity index (χ3n) is 5.50. The van der Waals surface area contributed by atoms with Crippen molar-refractivity contribution in [3.63, 3.8) is 0 Å². The lowest BCUT2D eigenvalue weighted by atomic mass is 10.1. The lowest BCUT2D eigenvalue weighted by Crippen LogP contribution is -2.12. The van der Waals surface area contributed by atoms with Gasteiger partial charge < -0.3 is 10.1 Å². The molecule has 1 N–H and O–H groups in total. The van der Waals surface area contributed by atoms with Crippen molar-refractivity contribution in [2.24, 2.45) is 0 Å². The van der Waals surface area contributed by atoms with Crippen LogP contribution in [0.1, 0.15) is 33.7 Å². The molecule has 4 aromatic rings. The number of aromatic nitrogens is 3. The first-order valence-corrected chi connectivity index (χ1v) is 10.4. The Balaban J connectivity index is 1.53. The van der Waals surface area contributed by atoms with Gasteiger partial charge in [-0.25, -0.2) is 4.68 Å². The molecule has 7 heteroatoms. The molecule has 0 aliphatic heterocycles. The third-order valence-corrected chi connectivity index (χ3v) is 5.50. The largest absolute Gasteiger partial charge is 0.469 e. The molecule has 1 amide bonds. The number of rotatable bonds is 6. The zero-order valence-corrected chi connectivity index (χ0v) is 18.3. The number of carbonyl (C=O) groups is 2. The van der Waals surface area contributed by atoms with Crippen molar-refractivity contribution in [1.82, 2.24) is 14.8 Å². The number of esters is 1. The van der Waals surface area contributed by atoms with E-state index in [0.29, 0.717) is 24.1 Å². The summed E-state index contributed by atoms with van der Waals surface area (Å²) in [6.07, 6.45) is 2.59. The summed E-state index contributed by atoms with van der Waals surface area (Å²) in [4.78, 5) is 28.7. The number of fused-ring (bicyclic) bond motifs is 1. The van der Waals surface area contributed by atoms with E-state index in [9.17, 15) is 9.59 Å².